The van der Waals surface area contributed by atoms with Crippen molar-refractivity contribution in [2.45, 2.75) is 11.8 Å². The summed E-state index contributed by atoms with van der Waals surface area (Å²) in [6, 6.07) is 6.66. The van der Waals surface area contributed by atoms with Crippen molar-refractivity contribution in [1.29, 1.82) is 0 Å². The summed E-state index contributed by atoms with van der Waals surface area (Å²) in [5, 5.41) is 0. The molecule has 0 radical (unpaired) electrons. The van der Waals surface area contributed by atoms with Crippen LogP contribution in [0.5, 0.6) is 0 Å². The molecule has 0 atom stereocenters. The standard InChI is InChI=1S/C11H11N3O2S/c1-9-3-2-4-10(7-9)17(15,16)14-11-8-12-5-6-13-11/h2-8H,1H3,(H,13,14). The highest BCUT2D eigenvalue weighted by atomic mass is 32.2. The summed E-state index contributed by atoms with van der Waals surface area (Å²) >= 11 is 0. The molecule has 1 aromatic heterocycles. The van der Waals surface area contributed by atoms with Gasteiger partial charge in [0, 0.05) is 12.4 Å². The normalized spacial score (nSPS) is 11.1. The number of anilines is 1. The molecule has 2 rings (SSSR count). The molecule has 0 spiro atoms. The lowest BCUT2D eigenvalue weighted by Gasteiger charge is -2.06. The van der Waals surface area contributed by atoms with Gasteiger partial charge < -0.3 is 0 Å². The first kappa shape index (κ1) is 11.5. The van der Waals surface area contributed by atoms with E-state index >= 15 is 0 Å². The monoisotopic (exact) mass is 249 g/mol. The fourth-order valence-corrected chi connectivity index (χ4v) is 2.43. The van der Waals surface area contributed by atoms with Gasteiger partial charge in [-0.15, -0.1) is 0 Å². The van der Waals surface area contributed by atoms with Gasteiger partial charge in [0.1, 0.15) is 0 Å². The Balaban J connectivity index is 2.32. The predicted octanol–water partition coefficient (Wildman–Crippen LogP) is 1.59. The number of hydrogen-bond donors (Lipinski definition) is 1. The Labute approximate surface area is 99.6 Å². The minimum Gasteiger partial charge on any atom is -0.262 e. The molecular weight excluding hydrogens is 238 g/mol. The summed E-state index contributed by atoms with van der Waals surface area (Å²) in [7, 11) is -3.59. The van der Waals surface area contributed by atoms with Crippen LogP contribution in [-0.2, 0) is 10.0 Å². The van der Waals surface area contributed by atoms with E-state index in [-0.39, 0.29) is 10.7 Å². The average molecular weight is 249 g/mol. The zero-order chi connectivity index (χ0) is 12.3. The van der Waals surface area contributed by atoms with Crippen LogP contribution >= 0.6 is 0 Å². The SMILES string of the molecule is Cc1cccc(S(=O)(=O)Nc2cnccn2)c1. The molecule has 1 N–H and O–H groups in total. The van der Waals surface area contributed by atoms with Crippen molar-refractivity contribution < 1.29 is 8.42 Å². The lowest BCUT2D eigenvalue weighted by molar-refractivity contribution is 0.601. The third-order valence-corrected chi connectivity index (χ3v) is 3.45. The summed E-state index contributed by atoms with van der Waals surface area (Å²) in [6.07, 6.45) is 4.26. The number of hydrogen-bond acceptors (Lipinski definition) is 4. The van der Waals surface area contributed by atoms with E-state index in [1.807, 2.05) is 13.0 Å². The first-order chi connectivity index (χ1) is 8.08. The van der Waals surface area contributed by atoms with Crippen molar-refractivity contribution in [2.75, 3.05) is 4.72 Å². The molecule has 6 heteroatoms. The molecule has 2 aromatic rings. The van der Waals surface area contributed by atoms with Gasteiger partial charge >= 0.3 is 0 Å². The number of aromatic nitrogens is 2. The van der Waals surface area contributed by atoms with Crippen LogP contribution in [0.2, 0.25) is 0 Å². The highest BCUT2D eigenvalue weighted by molar-refractivity contribution is 7.92. The number of rotatable bonds is 3. The van der Waals surface area contributed by atoms with Crippen LogP contribution in [0.3, 0.4) is 0 Å². The average Bonchev–Trinajstić information content (AvgIpc) is 2.30. The van der Waals surface area contributed by atoms with Gasteiger partial charge in [0.15, 0.2) is 5.82 Å². The van der Waals surface area contributed by atoms with Crippen molar-refractivity contribution in [3.05, 3.63) is 48.4 Å². The molecule has 0 bridgehead atoms. The molecule has 1 aromatic carbocycles. The lowest BCUT2D eigenvalue weighted by atomic mass is 10.2. The molecule has 0 saturated heterocycles. The number of nitrogens with one attached hydrogen (secondary N) is 1. The first-order valence-corrected chi connectivity index (χ1v) is 6.42. The quantitative estimate of drug-likeness (QED) is 0.896. The van der Waals surface area contributed by atoms with E-state index in [0.29, 0.717) is 0 Å². The van der Waals surface area contributed by atoms with Crippen molar-refractivity contribution in [3.63, 3.8) is 0 Å². The van der Waals surface area contributed by atoms with Crippen LogP contribution in [-0.4, -0.2) is 18.4 Å². The second-order valence-corrected chi connectivity index (χ2v) is 5.20. The molecule has 5 nitrogen and oxygen atoms in total. The maximum atomic E-state index is 12.0. The molecule has 0 fully saturated rings. The Bertz CT molecular complexity index is 612. The zero-order valence-electron chi connectivity index (χ0n) is 9.16. The second kappa shape index (κ2) is 4.50. The van der Waals surface area contributed by atoms with E-state index in [2.05, 4.69) is 14.7 Å². The Morgan fingerprint density at radius 3 is 2.71 bits per heavy atom. The molecule has 0 aliphatic rings. The molecule has 0 amide bonds. The van der Waals surface area contributed by atoms with Gasteiger partial charge in [0.25, 0.3) is 10.0 Å². The zero-order valence-corrected chi connectivity index (χ0v) is 9.98. The number of aryl methyl sites for hydroxylation is 1. The summed E-state index contributed by atoms with van der Waals surface area (Å²) in [5.41, 5.74) is 0.882. The minimum absolute atomic E-state index is 0.203. The number of sulfonamides is 1. The van der Waals surface area contributed by atoms with Gasteiger partial charge in [0.2, 0.25) is 0 Å². The third kappa shape index (κ3) is 2.79. The Morgan fingerprint density at radius 1 is 1.24 bits per heavy atom. The number of benzene rings is 1. The molecule has 88 valence electrons. The van der Waals surface area contributed by atoms with Crippen molar-refractivity contribution in [1.82, 2.24) is 9.97 Å². The van der Waals surface area contributed by atoms with Crippen molar-refractivity contribution in [2.24, 2.45) is 0 Å². The third-order valence-electron chi connectivity index (χ3n) is 2.10. The van der Waals surface area contributed by atoms with Crippen LogP contribution in [0.1, 0.15) is 5.56 Å². The van der Waals surface area contributed by atoms with E-state index in [1.54, 1.807) is 12.1 Å². The largest absolute Gasteiger partial charge is 0.263 e. The molecule has 0 aliphatic carbocycles. The van der Waals surface area contributed by atoms with Crippen LogP contribution in [0.25, 0.3) is 0 Å². The maximum Gasteiger partial charge on any atom is 0.263 e. The highest BCUT2D eigenvalue weighted by Crippen LogP contribution is 2.14. The highest BCUT2D eigenvalue weighted by Gasteiger charge is 2.14. The summed E-state index contributed by atoms with van der Waals surface area (Å²) in [5.74, 6) is 0.203. The fourth-order valence-electron chi connectivity index (χ4n) is 1.33. The first-order valence-electron chi connectivity index (χ1n) is 4.93. The predicted molar refractivity (Wildman–Crippen MR) is 64.0 cm³/mol. The molecule has 17 heavy (non-hydrogen) atoms. The lowest BCUT2D eigenvalue weighted by Crippen LogP contribution is -2.14. The topological polar surface area (TPSA) is 72.0 Å². The Kier molecular flexibility index (Phi) is 3.06. The van der Waals surface area contributed by atoms with Crippen molar-refractivity contribution in [3.8, 4) is 0 Å². The van der Waals surface area contributed by atoms with E-state index < -0.39 is 10.0 Å². The minimum atomic E-state index is -3.59. The van der Waals surface area contributed by atoms with E-state index in [9.17, 15) is 8.42 Å². The van der Waals surface area contributed by atoms with Crippen LogP contribution in [0.4, 0.5) is 5.82 Å². The number of nitrogens with zero attached hydrogens (tertiary/aromatic N) is 2. The van der Waals surface area contributed by atoms with Crippen LogP contribution < -0.4 is 4.72 Å². The molecule has 1 heterocycles. The van der Waals surface area contributed by atoms with Gasteiger partial charge in [-0.2, -0.15) is 0 Å². The van der Waals surface area contributed by atoms with Gasteiger partial charge in [-0.25, -0.2) is 13.4 Å². The summed E-state index contributed by atoms with van der Waals surface area (Å²) < 4.78 is 26.3. The van der Waals surface area contributed by atoms with E-state index in [4.69, 9.17) is 0 Å². The summed E-state index contributed by atoms with van der Waals surface area (Å²) in [6.45, 7) is 1.83. The van der Waals surface area contributed by atoms with Crippen LogP contribution in [0.15, 0.2) is 47.8 Å². The molecule has 0 aliphatic heterocycles. The Morgan fingerprint density at radius 2 is 2.06 bits per heavy atom. The van der Waals surface area contributed by atoms with Crippen LogP contribution in [0, 0.1) is 6.92 Å². The summed E-state index contributed by atoms with van der Waals surface area (Å²) in [4.78, 5) is 7.86. The van der Waals surface area contributed by atoms with Gasteiger partial charge in [-0.1, -0.05) is 12.1 Å². The second-order valence-electron chi connectivity index (χ2n) is 3.51. The fraction of sp³-hybridized carbons (Fsp3) is 0.0909. The maximum absolute atomic E-state index is 12.0. The van der Waals surface area contributed by atoms with Gasteiger partial charge in [0.05, 0.1) is 11.1 Å². The molecule has 0 saturated carbocycles. The smallest absolute Gasteiger partial charge is 0.262 e. The van der Waals surface area contributed by atoms with Gasteiger partial charge in [-0.05, 0) is 24.6 Å². The van der Waals surface area contributed by atoms with E-state index in [1.165, 1.54) is 24.7 Å². The van der Waals surface area contributed by atoms with Crippen molar-refractivity contribution >= 4 is 15.8 Å². The van der Waals surface area contributed by atoms with E-state index in [0.717, 1.165) is 5.56 Å². The molecular formula is C11H11N3O2S. The molecule has 0 unspecified atom stereocenters. The van der Waals surface area contributed by atoms with Gasteiger partial charge in [-0.3, -0.25) is 9.71 Å². The Hall–Kier alpha value is -1.95.